The number of fused-ring (bicyclic) bond motifs is 4. The Morgan fingerprint density at radius 3 is 1.91 bits per heavy atom. The van der Waals surface area contributed by atoms with Gasteiger partial charge in [0.15, 0.2) is 0 Å². The summed E-state index contributed by atoms with van der Waals surface area (Å²) in [6.45, 7) is 0. The molecule has 1 aromatic heterocycles. The van der Waals surface area contributed by atoms with Crippen LogP contribution in [0.2, 0.25) is 0 Å². The minimum absolute atomic E-state index is 0.590. The van der Waals surface area contributed by atoms with Gasteiger partial charge in [-0.05, 0) is 99.8 Å². The van der Waals surface area contributed by atoms with Gasteiger partial charge in [0.2, 0.25) is 0 Å². The fraction of sp³-hybridized carbons (Fsp3) is 0.115. The molecule has 0 unspecified atom stereocenters. The Balaban J connectivity index is 1.19. The predicted octanol–water partition coefficient (Wildman–Crippen LogP) is 15.3. The van der Waals surface area contributed by atoms with Crippen molar-refractivity contribution in [3.8, 4) is 33.4 Å². The number of furan rings is 1. The maximum atomic E-state index is 6.20. The van der Waals surface area contributed by atoms with Gasteiger partial charge in [0.05, 0.1) is 11.4 Å². The summed E-state index contributed by atoms with van der Waals surface area (Å²) in [7, 11) is 0. The lowest BCUT2D eigenvalue weighted by atomic mass is 9.80. The summed E-state index contributed by atoms with van der Waals surface area (Å²) in [6.07, 6.45) is 6.49. The smallest absolute Gasteiger partial charge is 0.135 e. The topological polar surface area (TPSA) is 16.4 Å². The van der Waals surface area contributed by atoms with E-state index < -0.39 is 0 Å². The molecule has 0 atom stereocenters. The third-order valence-corrected chi connectivity index (χ3v) is 11.5. The fourth-order valence-corrected chi connectivity index (χ4v) is 8.91. The molecular weight excluding hydrogens is 655 g/mol. The molecule has 0 radical (unpaired) electrons. The van der Waals surface area contributed by atoms with Gasteiger partial charge in [-0.15, -0.1) is 0 Å². The first-order valence-electron chi connectivity index (χ1n) is 19.4. The second-order valence-corrected chi connectivity index (χ2v) is 14.7. The van der Waals surface area contributed by atoms with Crippen molar-refractivity contribution in [1.29, 1.82) is 0 Å². The van der Waals surface area contributed by atoms with Gasteiger partial charge in [-0.2, -0.15) is 0 Å². The molecule has 0 saturated heterocycles. The molecule has 9 aromatic rings. The maximum absolute atomic E-state index is 6.20. The van der Waals surface area contributed by atoms with Crippen LogP contribution in [0.4, 0.5) is 17.1 Å². The Morgan fingerprint density at radius 1 is 0.426 bits per heavy atom. The molecule has 1 heterocycles. The third-order valence-electron chi connectivity index (χ3n) is 11.5. The number of nitrogens with zero attached hydrogens (tertiary/aromatic N) is 1. The van der Waals surface area contributed by atoms with Crippen LogP contribution in [0, 0.1) is 0 Å². The van der Waals surface area contributed by atoms with Gasteiger partial charge in [0.25, 0.3) is 0 Å². The van der Waals surface area contributed by atoms with Gasteiger partial charge in [-0.1, -0.05) is 159 Å². The van der Waals surface area contributed by atoms with Crippen molar-refractivity contribution in [1.82, 2.24) is 0 Å². The monoisotopic (exact) mass is 695 g/mol. The van der Waals surface area contributed by atoms with E-state index in [0.29, 0.717) is 5.92 Å². The van der Waals surface area contributed by atoms with E-state index in [4.69, 9.17) is 4.42 Å². The first-order chi connectivity index (χ1) is 26.8. The molecule has 260 valence electrons. The lowest BCUT2D eigenvalue weighted by Gasteiger charge is -2.31. The van der Waals surface area contributed by atoms with E-state index >= 15 is 0 Å². The zero-order chi connectivity index (χ0) is 35.8. The number of hydrogen-bond acceptors (Lipinski definition) is 2. The van der Waals surface area contributed by atoms with Crippen LogP contribution in [0.1, 0.15) is 43.6 Å². The Hall–Kier alpha value is -6.38. The summed E-state index contributed by atoms with van der Waals surface area (Å²) in [5.74, 6) is 0.590. The summed E-state index contributed by atoms with van der Waals surface area (Å²) in [4.78, 5) is 2.48. The highest BCUT2D eigenvalue weighted by Gasteiger charge is 2.24. The highest BCUT2D eigenvalue weighted by atomic mass is 16.3. The number of rotatable bonds is 7. The van der Waals surface area contributed by atoms with Gasteiger partial charge in [-0.25, -0.2) is 0 Å². The van der Waals surface area contributed by atoms with E-state index in [-0.39, 0.29) is 0 Å². The predicted molar refractivity (Wildman–Crippen MR) is 228 cm³/mol. The Labute approximate surface area is 316 Å². The molecule has 8 aromatic carbocycles. The molecule has 1 saturated carbocycles. The van der Waals surface area contributed by atoms with Crippen LogP contribution in [0.5, 0.6) is 0 Å². The highest BCUT2D eigenvalue weighted by molar-refractivity contribution is 6.07. The molecule has 0 spiro atoms. The van der Waals surface area contributed by atoms with Gasteiger partial charge >= 0.3 is 0 Å². The van der Waals surface area contributed by atoms with Crippen molar-refractivity contribution in [2.75, 3.05) is 4.90 Å². The Morgan fingerprint density at radius 2 is 1.06 bits per heavy atom. The SMILES string of the molecule is c1ccc(-c2ccccc2N(c2cccc(-c3ccc4oc5ccccc5c4c3)c2)c2ccccc2-c2cccc3cccc(C4CCCCC4)c23)cc1. The quantitative estimate of drug-likeness (QED) is 0.165. The standard InChI is InChI=1S/C52H41NO/c1-3-16-36(17-4-1)42-24-7-10-29-48(42)53(41-23-13-22-39(34-41)40-32-33-51-47(35-40)45-26-9-12-31-50(45)54-51)49-30-11-8-25-44(49)46-28-15-21-38-20-14-27-43(52(38)46)37-18-5-2-6-19-37/h1,3-4,7-17,20-35,37H,2,5-6,18-19H2. The van der Waals surface area contributed by atoms with E-state index in [2.05, 4.69) is 175 Å². The second kappa shape index (κ2) is 13.9. The largest absolute Gasteiger partial charge is 0.456 e. The van der Waals surface area contributed by atoms with Crippen LogP contribution in [0.15, 0.2) is 186 Å². The molecule has 1 aliphatic rings. The highest BCUT2D eigenvalue weighted by Crippen LogP contribution is 2.48. The van der Waals surface area contributed by atoms with Gasteiger partial charge < -0.3 is 9.32 Å². The van der Waals surface area contributed by atoms with Crippen molar-refractivity contribution >= 4 is 49.8 Å². The van der Waals surface area contributed by atoms with Gasteiger partial charge in [-0.3, -0.25) is 0 Å². The fourth-order valence-electron chi connectivity index (χ4n) is 8.91. The molecule has 0 aliphatic heterocycles. The van der Waals surface area contributed by atoms with Crippen LogP contribution in [0.25, 0.3) is 66.1 Å². The molecule has 0 bridgehead atoms. The van der Waals surface area contributed by atoms with Crippen LogP contribution in [0.3, 0.4) is 0 Å². The number of para-hydroxylation sites is 3. The van der Waals surface area contributed by atoms with E-state index in [1.54, 1.807) is 0 Å². The van der Waals surface area contributed by atoms with Crippen molar-refractivity contribution in [2.45, 2.75) is 38.0 Å². The first-order valence-corrected chi connectivity index (χ1v) is 19.4. The summed E-state index contributed by atoms with van der Waals surface area (Å²) in [5, 5.41) is 4.98. The molecule has 1 aliphatic carbocycles. The average Bonchev–Trinajstić information content (AvgIpc) is 3.63. The number of benzene rings is 8. The Bertz CT molecular complexity index is 2760. The van der Waals surface area contributed by atoms with Gasteiger partial charge in [0.1, 0.15) is 11.2 Å². The molecule has 0 N–H and O–H groups in total. The maximum Gasteiger partial charge on any atom is 0.135 e. The first kappa shape index (κ1) is 32.3. The zero-order valence-electron chi connectivity index (χ0n) is 30.3. The number of hydrogen-bond donors (Lipinski definition) is 0. The van der Waals surface area contributed by atoms with Crippen molar-refractivity contribution < 1.29 is 4.42 Å². The molecule has 10 rings (SSSR count). The minimum atomic E-state index is 0.590. The van der Waals surface area contributed by atoms with E-state index in [0.717, 1.165) is 50.1 Å². The summed E-state index contributed by atoms with van der Waals surface area (Å²) in [5.41, 5.74) is 13.9. The van der Waals surface area contributed by atoms with Crippen LogP contribution < -0.4 is 4.90 Å². The van der Waals surface area contributed by atoms with E-state index in [1.807, 2.05) is 12.1 Å². The lowest BCUT2D eigenvalue weighted by Crippen LogP contribution is -2.13. The van der Waals surface area contributed by atoms with Gasteiger partial charge in [0, 0.05) is 27.6 Å². The molecular formula is C52H41NO. The van der Waals surface area contributed by atoms with E-state index in [9.17, 15) is 0 Å². The summed E-state index contributed by atoms with van der Waals surface area (Å²) < 4.78 is 6.20. The van der Waals surface area contributed by atoms with Crippen LogP contribution in [-0.4, -0.2) is 0 Å². The van der Waals surface area contributed by atoms with Crippen molar-refractivity contribution in [2.24, 2.45) is 0 Å². The second-order valence-electron chi connectivity index (χ2n) is 14.7. The van der Waals surface area contributed by atoms with E-state index in [1.165, 1.54) is 70.7 Å². The summed E-state index contributed by atoms with van der Waals surface area (Å²) in [6, 6.07) is 66.3. The molecule has 54 heavy (non-hydrogen) atoms. The van der Waals surface area contributed by atoms with Crippen molar-refractivity contribution in [3.63, 3.8) is 0 Å². The average molecular weight is 696 g/mol. The Kier molecular flexibility index (Phi) is 8.30. The molecule has 2 heteroatoms. The number of anilines is 3. The minimum Gasteiger partial charge on any atom is -0.456 e. The van der Waals surface area contributed by atoms with Crippen molar-refractivity contribution in [3.05, 3.63) is 188 Å². The van der Waals surface area contributed by atoms with Crippen LogP contribution in [-0.2, 0) is 0 Å². The van der Waals surface area contributed by atoms with Crippen LogP contribution >= 0.6 is 0 Å². The third kappa shape index (κ3) is 5.76. The lowest BCUT2D eigenvalue weighted by molar-refractivity contribution is 0.445. The normalized spacial score (nSPS) is 13.5. The zero-order valence-corrected chi connectivity index (χ0v) is 30.3. The molecule has 1 fully saturated rings. The summed E-state index contributed by atoms with van der Waals surface area (Å²) >= 11 is 0. The molecule has 2 nitrogen and oxygen atoms in total. The molecule has 0 amide bonds.